The number of anilines is 1. The molecule has 1 amide bonds. The number of amides is 1. The van der Waals surface area contributed by atoms with Gasteiger partial charge in [0, 0.05) is 48.9 Å². The van der Waals surface area contributed by atoms with Crippen LogP contribution in [0.25, 0.3) is 5.52 Å². The Kier molecular flexibility index (Phi) is 6.20. The van der Waals surface area contributed by atoms with Gasteiger partial charge < -0.3 is 15.0 Å². The third kappa shape index (κ3) is 4.88. The van der Waals surface area contributed by atoms with Gasteiger partial charge in [0.1, 0.15) is 17.4 Å². The van der Waals surface area contributed by atoms with Gasteiger partial charge >= 0.3 is 6.09 Å². The minimum absolute atomic E-state index is 0.192. The molecule has 0 spiro atoms. The van der Waals surface area contributed by atoms with Crippen molar-refractivity contribution in [1.82, 2.24) is 24.4 Å². The molecule has 4 rings (SSSR count). The molecule has 1 aliphatic heterocycles. The van der Waals surface area contributed by atoms with E-state index in [2.05, 4.69) is 36.2 Å². The standard InChI is InChI=1S/C21H31BrN6O2/c1-21(2,3)30-20(29)27-12-10-26(11-13-27)16-6-4-15(5-7-16)25-19-18-17(22)8-9-28(18)24-14-23-19/h8-9,14-16H,4-7,10-13H2,1-3H3,(H,23,24,25)/t15-,16-. The summed E-state index contributed by atoms with van der Waals surface area (Å²) in [6, 6.07) is 3.00. The molecule has 1 N–H and O–H groups in total. The van der Waals surface area contributed by atoms with E-state index in [1.54, 1.807) is 6.33 Å². The normalized spacial score (nSPS) is 23.5. The number of piperazine rings is 1. The van der Waals surface area contributed by atoms with E-state index in [1.165, 1.54) is 0 Å². The Morgan fingerprint density at radius 3 is 2.53 bits per heavy atom. The molecule has 1 saturated heterocycles. The predicted molar refractivity (Wildman–Crippen MR) is 120 cm³/mol. The maximum atomic E-state index is 12.3. The van der Waals surface area contributed by atoms with Gasteiger partial charge in [0.15, 0.2) is 5.82 Å². The molecule has 0 atom stereocenters. The molecule has 2 aromatic heterocycles. The lowest BCUT2D eigenvalue weighted by Crippen LogP contribution is -2.53. The van der Waals surface area contributed by atoms with Crippen LogP contribution in [0.3, 0.4) is 0 Å². The van der Waals surface area contributed by atoms with Crippen molar-refractivity contribution in [3.05, 3.63) is 23.1 Å². The van der Waals surface area contributed by atoms with E-state index in [1.807, 2.05) is 42.4 Å². The zero-order valence-corrected chi connectivity index (χ0v) is 19.6. The zero-order chi connectivity index (χ0) is 21.3. The van der Waals surface area contributed by atoms with Gasteiger partial charge in [0.2, 0.25) is 0 Å². The van der Waals surface area contributed by atoms with Crippen LogP contribution in [0.5, 0.6) is 0 Å². The molecule has 3 heterocycles. The molecule has 30 heavy (non-hydrogen) atoms. The lowest BCUT2D eigenvalue weighted by Gasteiger charge is -2.42. The Bertz CT molecular complexity index is 879. The third-order valence-electron chi connectivity index (χ3n) is 5.92. The topological polar surface area (TPSA) is 75.0 Å². The predicted octanol–water partition coefficient (Wildman–Crippen LogP) is 3.77. The Balaban J connectivity index is 1.26. The van der Waals surface area contributed by atoms with Gasteiger partial charge in [-0.15, -0.1) is 0 Å². The first-order valence-electron chi connectivity index (χ1n) is 10.8. The van der Waals surface area contributed by atoms with Gasteiger partial charge in [-0.1, -0.05) is 0 Å². The van der Waals surface area contributed by atoms with Crippen LogP contribution < -0.4 is 5.32 Å². The van der Waals surface area contributed by atoms with Crippen molar-refractivity contribution in [3.8, 4) is 0 Å². The highest BCUT2D eigenvalue weighted by molar-refractivity contribution is 9.10. The first-order valence-corrected chi connectivity index (χ1v) is 11.6. The summed E-state index contributed by atoms with van der Waals surface area (Å²) in [4.78, 5) is 21.1. The van der Waals surface area contributed by atoms with Crippen LogP contribution in [0.15, 0.2) is 23.1 Å². The molecule has 164 valence electrons. The summed E-state index contributed by atoms with van der Waals surface area (Å²) in [6.07, 6.45) is 7.89. The average Bonchev–Trinajstić information content (AvgIpc) is 3.09. The molecule has 0 unspecified atom stereocenters. The maximum absolute atomic E-state index is 12.3. The van der Waals surface area contributed by atoms with Crippen molar-refractivity contribution in [2.24, 2.45) is 0 Å². The number of carbonyl (C=O) groups excluding carboxylic acids is 1. The number of hydrogen-bond donors (Lipinski definition) is 1. The highest BCUT2D eigenvalue weighted by Gasteiger charge is 2.31. The summed E-state index contributed by atoms with van der Waals surface area (Å²) < 4.78 is 8.35. The van der Waals surface area contributed by atoms with E-state index < -0.39 is 5.60 Å². The maximum Gasteiger partial charge on any atom is 0.410 e. The number of hydrogen-bond acceptors (Lipinski definition) is 6. The second-order valence-corrected chi connectivity index (χ2v) is 10.1. The third-order valence-corrected chi connectivity index (χ3v) is 6.56. The minimum atomic E-state index is -0.439. The van der Waals surface area contributed by atoms with Gasteiger partial charge in [0.25, 0.3) is 0 Å². The number of nitrogens with one attached hydrogen (secondary N) is 1. The monoisotopic (exact) mass is 478 g/mol. The van der Waals surface area contributed by atoms with Crippen molar-refractivity contribution in [2.75, 3.05) is 31.5 Å². The van der Waals surface area contributed by atoms with Crippen molar-refractivity contribution >= 4 is 33.4 Å². The van der Waals surface area contributed by atoms with Crippen LogP contribution in [0, 0.1) is 0 Å². The van der Waals surface area contributed by atoms with Gasteiger partial charge in [-0.2, -0.15) is 5.10 Å². The number of nitrogens with zero attached hydrogens (tertiary/aromatic N) is 5. The average molecular weight is 479 g/mol. The Morgan fingerprint density at radius 1 is 1.17 bits per heavy atom. The number of rotatable bonds is 3. The van der Waals surface area contributed by atoms with Crippen molar-refractivity contribution in [2.45, 2.75) is 64.1 Å². The van der Waals surface area contributed by atoms with Gasteiger partial charge in [-0.3, -0.25) is 4.90 Å². The molecule has 9 heteroatoms. The minimum Gasteiger partial charge on any atom is -0.444 e. The fraction of sp³-hybridized carbons (Fsp3) is 0.667. The molecule has 0 radical (unpaired) electrons. The van der Waals surface area contributed by atoms with E-state index in [9.17, 15) is 4.79 Å². The van der Waals surface area contributed by atoms with Crippen molar-refractivity contribution < 1.29 is 9.53 Å². The summed E-state index contributed by atoms with van der Waals surface area (Å²) in [6.45, 7) is 9.07. The summed E-state index contributed by atoms with van der Waals surface area (Å²) >= 11 is 3.59. The lowest BCUT2D eigenvalue weighted by atomic mass is 9.89. The van der Waals surface area contributed by atoms with Crippen LogP contribution >= 0.6 is 15.9 Å². The van der Waals surface area contributed by atoms with Crippen LogP contribution in [-0.2, 0) is 4.74 Å². The molecular formula is C21H31BrN6O2. The molecule has 1 aliphatic carbocycles. The van der Waals surface area contributed by atoms with Gasteiger partial charge in [0.05, 0.1) is 0 Å². The molecule has 8 nitrogen and oxygen atoms in total. The Morgan fingerprint density at radius 2 is 1.87 bits per heavy atom. The SMILES string of the molecule is CC(C)(C)OC(=O)N1CCN([C@H]2CC[C@H](Nc3ncnn4ccc(Br)c34)CC2)CC1. The van der Waals surface area contributed by atoms with E-state index in [4.69, 9.17) is 4.74 Å². The summed E-state index contributed by atoms with van der Waals surface area (Å²) in [5.74, 6) is 0.885. The fourth-order valence-corrected chi connectivity index (χ4v) is 4.89. The van der Waals surface area contributed by atoms with Gasteiger partial charge in [-0.05, 0) is 68.5 Å². The first kappa shape index (κ1) is 21.4. The van der Waals surface area contributed by atoms with Crippen LogP contribution in [0.2, 0.25) is 0 Å². The Hall–Kier alpha value is -1.87. The smallest absolute Gasteiger partial charge is 0.410 e. The summed E-state index contributed by atoms with van der Waals surface area (Å²) in [5.41, 5.74) is 0.545. The summed E-state index contributed by atoms with van der Waals surface area (Å²) in [5, 5.41) is 7.89. The van der Waals surface area contributed by atoms with E-state index in [0.717, 1.165) is 67.7 Å². The van der Waals surface area contributed by atoms with Gasteiger partial charge in [-0.25, -0.2) is 14.3 Å². The second-order valence-electron chi connectivity index (χ2n) is 9.22. The number of aromatic nitrogens is 3. The number of fused-ring (bicyclic) bond motifs is 1. The van der Waals surface area contributed by atoms with E-state index in [0.29, 0.717) is 12.1 Å². The highest BCUT2D eigenvalue weighted by atomic mass is 79.9. The van der Waals surface area contributed by atoms with Crippen LogP contribution in [0.1, 0.15) is 46.5 Å². The zero-order valence-electron chi connectivity index (χ0n) is 18.0. The quantitative estimate of drug-likeness (QED) is 0.723. The fourth-order valence-electron chi connectivity index (χ4n) is 4.40. The molecule has 2 aromatic rings. The van der Waals surface area contributed by atoms with Crippen molar-refractivity contribution in [3.63, 3.8) is 0 Å². The summed E-state index contributed by atoms with van der Waals surface area (Å²) in [7, 11) is 0. The van der Waals surface area contributed by atoms with E-state index >= 15 is 0 Å². The molecule has 0 aromatic carbocycles. The van der Waals surface area contributed by atoms with E-state index in [-0.39, 0.29) is 6.09 Å². The highest BCUT2D eigenvalue weighted by Crippen LogP contribution is 2.29. The van der Waals surface area contributed by atoms with Crippen LogP contribution in [0.4, 0.5) is 10.6 Å². The Labute approximate surface area is 186 Å². The number of carbonyl (C=O) groups is 1. The number of ether oxygens (including phenoxy) is 1. The van der Waals surface area contributed by atoms with Crippen LogP contribution in [-0.4, -0.2) is 74.4 Å². The molecular weight excluding hydrogens is 448 g/mol. The molecule has 0 bridgehead atoms. The molecule has 1 saturated carbocycles. The lowest BCUT2D eigenvalue weighted by molar-refractivity contribution is 0.00806. The largest absolute Gasteiger partial charge is 0.444 e. The second kappa shape index (κ2) is 8.70. The first-order chi connectivity index (χ1) is 14.3. The molecule has 2 fully saturated rings. The molecule has 2 aliphatic rings. The number of halogens is 1. The van der Waals surface area contributed by atoms with Crippen molar-refractivity contribution in [1.29, 1.82) is 0 Å².